The molecule has 1 aliphatic heterocycles. The van der Waals surface area contributed by atoms with Gasteiger partial charge >= 0.3 is 0 Å². The molecule has 0 aromatic carbocycles. The summed E-state index contributed by atoms with van der Waals surface area (Å²) in [6.45, 7) is 3.51. The third kappa shape index (κ3) is 3.95. The van der Waals surface area contributed by atoms with Gasteiger partial charge in [-0.05, 0) is 37.1 Å². The van der Waals surface area contributed by atoms with Crippen LogP contribution in [0.2, 0.25) is 0 Å². The van der Waals surface area contributed by atoms with E-state index in [-0.39, 0.29) is 11.7 Å². The number of rotatable bonds is 5. The number of Topliss-reactive ketones (excluding diaryl/α,β-unsaturated/α-hetero) is 1. The number of pyridine rings is 3. The molecule has 0 spiro atoms. The molecular weight excluding hydrogens is 383 g/mol. The van der Waals surface area contributed by atoms with Gasteiger partial charge in [0.15, 0.2) is 0 Å². The second kappa shape index (κ2) is 8.16. The zero-order valence-corrected chi connectivity index (χ0v) is 16.6. The lowest BCUT2D eigenvalue weighted by Gasteiger charge is -2.43. The van der Waals surface area contributed by atoms with Crippen molar-refractivity contribution in [2.24, 2.45) is 5.92 Å². The van der Waals surface area contributed by atoms with Crippen molar-refractivity contribution in [2.45, 2.75) is 25.3 Å². The van der Waals surface area contributed by atoms with Crippen molar-refractivity contribution in [3.05, 3.63) is 54.4 Å². The highest BCUT2D eigenvalue weighted by molar-refractivity contribution is 5.86. The van der Waals surface area contributed by atoms with Crippen LogP contribution in [-0.4, -0.2) is 58.0 Å². The van der Waals surface area contributed by atoms with E-state index in [9.17, 15) is 9.18 Å². The van der Waals surface area contributed by atoms with Crippen molar-refractivity contribution in [1.29, 1.82) is 0 Å². The number of nitrogens with zero attached hydrogens (tertiary/aromatic N) is 4. The van der Waals surface area contributed by atoms with Crippen LogP contribution in [0, 0.1) is 11.7 Å². The molecular formula is C23H23FN4O2. The van der Waals surface area contributed by atoms with Gasteiger partial charge in [-0.2, -0.15) is 0 Å². The first-order valence-corrected chi connectivity index (χ1v) is 10.4. The van der Waals surface area contributed by atoms with Gasteiger partial charge in [-0.15, -0.1) is 0 Å². The van der Waals surface area contributed by atoms with Crippen LogP contribution in [0.15, 0.2) is 42.9 Å². The summed E-state index contributed by atoms with van der Waals surface area (Å²) in [4.78, 5) is 28.1. The Morgan fingerprint density at radius 2 is 1.97 bits per heavy atom. The predicted octanol–water partition coefficient (Wildman–Crippen LogP) is 3.05. The molecule has 0 atom stereocenters. The van der Waals surface area contributed by atoms with Gasteiger partial charge in [-0.1, -0.05) is 0 Å². The molecule has 1 aliphatic carbocycles. The van der Waals surface area contributed by atoms with Gasteiger partial charge in [0.2, 0.25) is 0 Å². The van der Waals surface area contributed by atoms with Crippen molar-refractivity contribution in [3.63, 3.8) is 0 Å². The average molecular weight is 406 g/mol. The molecule has 7 heteroatoms. The van der Waals surface area contributed by atoms with E-state index in [1.807, 2.05) is 18.2 Å². The van der Waals surface area contributed by atoms with Crippen molar-refractivity contribution < 1.29 is 13.9 Å². The monoisotopic (exact) mass is 406 g/mol. The molecule has 0 radical (unpaired) electrons. The zero-order chi connectivity index (χ0) is 20.5. The average Bonchev–Trinajstić information content (AvgIpc) is 2.73. The van der Waals surface area contributed by atoms with Crippen LogP contribution in [-0.2, 0) is 16.0 Å². The zero-order valence-electron chi connectivity index (χ0n) is 16.6. The Bertz CT molecular complexity index is 1080. The number of hydrogen-bond acceptors (Lipinski definition) is 6. The first-order valence-electron chi connectivity index (χ1n) is 10.4. The summed E-state index contributed by atoms with van der Waals surface area (Å²) < 4.78 is 18.9. The number of fused-ring (bicyclic) bond motifs is 1. The lowest BCUT2D eigenvalue weighted by atomic mass is 9.75. The highest BCUT2D eigenvalue weighted by Gasteiger charge is 2.38. The molecule has 1 saturated heterocycles. The first-order chi connectivity index (χ1) is 14.7. The van der Waals surface area contributed by atoms with E-state index in [1.165, 1.54) is 12.3 Å². The van der Waals surface area contributed by atoms with E-state index in [2.05, 4.69) is 19.9 Å². The molecule has 3 aromatic heterocycles. The first kappa shape index (κ1) is 19.2. The van der Waals surface area contributed by atoms with Gasteiger partial charge in [-0.25, -0.2) is 9.37 Å². The lowest BCUT2D eigenvalue weighted by Crippen LogP contribution is -2.51. The molecule has 1 saturated carbocycles. The largest absolute Gasteiger partial charge is 0.379 e. The minimum absolute atomic E-state index is 0.119. The molecule has 30 heavy (non-hydrogen) atoms. The van der Waals surface area contributed by atoms with Gasteiger partial charge in [0.1, 0.15) is 11.6 Å². The molecule has 2 fully saturated rings. The fourth-order valence-corrected chi connectivity index (χ4v) is 4.28. The van der Waals surface area contributed by atoms with E-state index in [0.29, 0.717) is 23.7 Å². The maximum atomic E-state index is 13.5. The second-order valence-corrected chi connectivity index (χ2v) is 8.07. The number of hydrogen-bond donors (Lipinski definition) is 0. The van der Waals surface area contributed by atoms with Crippen molar-refractivity contribution in [1.82, 2.24) is 19.9 Å². The molecule has 0 amide bonds. The standard InChI is InChI=1S/C23H23FN4O2/c24-18-7-17(12-25-14-18)21-2-1-15-13-26-19(10-22(15)27-21)11-23(29)16-8-20(9-16)28-3-5-30-6-4-28/h1-2,7,10,12-14,16,20H,3-6,8-9,11H2. The van der Waals surface area contributed by atoms with E-state index in [1.54, 1.807) is 12.4 Å². The summed E-state index contributed by atoms with van der Waals surface area (Å²) in [7, 11) is 0. The third-order valence-corrected chi connectivity index (χ3v) is 6.12. The molecule has 3 aromatic rings. The lowest BCUT2D eigenvalue weighted by molar-refractivity contribution is -0.127. The SMILES string of the molecule is O=C(Cc1cc2nc(-c3cncc(F)c3)ccc2cn1)C1CC(N2CCOCC2)C1. The van der Waals surface area contributed by atoms with Gasteiger partial charge in [0.05, 0.1) is 30.6 Å². The summed E-state index contributed by atoms with van der Waals surface area (Å²) in [5, 5.41) is 0.885. The van der Waals surface area contributed by atoms with Gasteiger partial charge in [0, 0.05) is 60.5 Å². The minimum atomic E-state index is -0.397. The number of aromatic nitrogens is 3. The second-order valence-electron chi connectivity index (χ2n) is 8.07. The Morgan fingerprint density at radius 1 is 1.13 bits per heavy atom. The van der Waals surface area contributed by atoms with E-state index >= 15 is 0 Å². The summed E-state index contributed by atoms with van der Waals surface area (Å²) >= 11 is 0. The summed E-state index contributed by atoms with van der Waals surface area (Å²) in [5.41, 5.74) is 2.74. The van der Waals surface area contributed by atoms with Crippen LogP contribution in [0.25, 0.3) is 22.2 Å². The molecule has 154 valence electrons. The molecule has 0 N–H and O–H groups in total. The van der Waals surface area contributed by atoms with Crippen LogP contribution in [0.4, 0.5) is 4.39 Å². The smallest absolute Gasteiger partial charge is 0.142 e. The Morgan fingerprint density at radius 3 is 2.77 bits per heavy atom. The molecule has 4 heterocycles. The summed E-state index contributed by atoms with van der Waals surface area (Å²) in [6.07, 6.45) is 6.69. The minimum Gasteiger partial charge on any atom is -0.379 e. The fraction of sp³-hybridized carbons (Fsp3) is 0.391. The van der Waals surface area contributed by atoms with Crippen LogP contribution < -0.4 is 0 Å². The molecule has 6 nitrogen and oxygen atoms in total. The quantitative estimate of drug-likeness (QED) is 0.649. The summed E-state index contributed by atoms with van der Waals surface area (Å²) in [6, 6.07) is 7.51. The van der Waals surface area contributed by atoms with Crippen molar-refractivity contribution in [3.8, 4) is 11.3 Å². The van der Waals surface area contributed by atoms with Crippen molar-refractivity contribution >= 4 is 16.7 Å². The molecule has 0 bridgehead atoms. The molecule has 2 aliphatic rings. The Hall–Kier alpha value is -2.77. The number of ketones is 1. The maximum Gasteiger partial charge on any atom is 0.142 e. The van der Waals surface area contributed by atoms with Crippen LogP contribution in [0.3, 0.4) is 0 Å². The van der Waals surface area contributed by atoms with Crippen LogP contribution >= 0.6 is 0 Å². The molecule has 0 unspecified atom stereocenters. The van der Waals surface area contributed by atoms with Crippen molar-refractivity contribution in [2.75, 3.05) is 26.3 Å². The number of carbonyl (C=O) groups excluding carboxylic acids is 1. The Labute approximate surface area is 174 Å². The van der Waals surface area contributed by atoms with E-state index < -0.39 is 5.82 Å². The Balaban J connectivity index is 1.27. The highest BCUT2D eigenvalue weighted by atomic mass is 19.1. The van der Waals surface area contributed by atoms with Crippen LogP contribution in [0.5, 0.6) is 0 Å². The van der Waals surface area contributed by atoms with E-state index in [4.69, 9.17) is 4.74 Å². The van der Waals surface area contributed by atoms with Gasteiger partial charge < -0.3 is 4.74 Å². The maximum absolute atomic E-state index is 13.5. The van der Waals surface area contributed by atoms with E-state index in [0.717, 1.165) is 55.7 Å². The number of morpholine rings is 1. The van der Waals surface area contributed by atoms with Gasteiger partial charge in [0.25, 0.3) is 0 Å². The normalized spacial score (nSPS) is 22.0. The fourth-order valence-electron chi connectivity index (χ4n) is 4.28. The number of carbonyl (C=O) groups is 1. The highest BCUT2D eigenvalue weighted by Crippen LogP contribution is 2.33. The molecule has 5 rings (SSSR count). The summed E-state index contributed by atoms with van der Waals surface area (Å²) in [5.74, 6) is -0.0314. The van der Waals surface area contributed by atoms with Crippen LogP contribution in [0.1, 0.15) is 18.5 Å². The topological polar surface area (TPSA) is 68.2 Å². The number of ether oxygens (including phenoxy) is 1. The number of halogens is 1. The Kier molecular flexibility index (Phi) is 5.23. The predicted molar refractivity (Wildman–Crippen MR) is 110 cm³/mol. The van der Waals surface area contributed by atoms with Gasteiger partial charge in [-0.3, -0.25) is 19.7 Å². The third-order valence-electron chi connectivity index (χ3n) is 6.12.